The van der Waals surface area contributed by atoms with Crippen molar-refractivity contribution in [2.24, 2.45) is 0 Å². The minimum atomic E-state index is -3.31. The summed E-state index contributed by atoms with van der Waals surface area (Å²) in [5.74, 6) is -0.590. The number of ether oxygens (including phenoxy) is 1. The first-order valence-electron chi connectivity index (χ1n) is 10.1. The van der Waals surface area contributed by atoms with Gasteiger partial charge >= 0.3 is 6.61 Å². The molecule has 0 saturated carbocycles. The highest BCUT2D eigenvalue weighted by Crippen LogP contribution is 2.32. The monoisotopic (exact) mass is 492 g/mol. The van der Waals surface area contributed by atoms with Crippen LogP contribution in [0.4, 0.5) is 13.2 Å². The number of piperidine rings is 1. The summed E-state index contributed by atoms with van der Waals surface area (Å²) in [4.78, 5) is 2.06. The highest BCUT2D eigenvalue weighted by atomic mass is 35.5. The van der Waals surface area contributed by atoms with Crippen LogP contribution in [-0.2, 0) is 21.3 Å². The number of benzene rings is 2. The van der Waals surface area contributed by atoms with Crippen LogP contribution in [0.3, 0.4) is 0 Å². The Bertz CT molecular complexity index is 959. The molecular formula is C22H28ClF3N2O3S. The zero-order valence-corrected chi connectivity index (χ0v) is 19.5. The smallest absolute Gasteiger partial charge is 0.318 e. The molecule has 178 valence electrons. The molecule has 1 saturated heterocycles. The van der Waals surface area contributed by atoms with E-state index < -0.39 is 22.7 Å². The van der Waals surface area contributed by atoms with Crippen molar-refractivity contribution < 1.29 is 26.3 Å². The van der Waals surface area contributed by atoms with Crippen LogP contribution < -0.4 is 4.72 Å². The lowest BCUT2D eigenvalue weighted by Crippen LogP contribution is -2.44. The molecule has 0 aromatic heterocycles. The fourth-order valence-electron chi connectivity index (χ4n) is 4.04. The topological polar surface area (TPSA) is 58.6 Å². The fraction of sp³-hybridized carbons (Fsp3) is 0.455. The van der Waals surface area contributed by atoms with Crippen molar-refractivity contribution in [2.45, 2.75) is 44.6 Å². The Labute approximate surface area is 193 Å². The standard InChI is InChI=1S/C22H27F3N2O3S.ClH/c1-15(26-31(2,28)29)17-5-3-16(4-6-17)13-27-12-11-20(21(14-27)30-22(24)25)18-7-9-19(23)10-8-18;/h3-10,15,20-22,26H,11-14H2,1-2H3;1H/t15-,20-,21+;/m1./s1. The SMILES string of the molecule is C[C@@H](NS(C)(=O)=O)c1ccc(CN2CC[C@H](c3ccc(F)cc3)[C@@H](OC(F)F)C2)cc1.Cl. The summed E-state index contributed by atoms with van der Waals surface area (Å²) < 4.78 is 69.5. The van der Waals surface area contributed by atoms with Crippen molar-refractivity contribution in [2.75, 3.05) is 19.3 Å². The molecule has 5 nitrogen and oxygen atoms in total. The van der Waals surface area contributed by atoms with Crippen LogP contribution in [0.5, 0.6) is 0 Å². The minimum Gasteiger partial charge on any atom is -0.318 e. The van der Waals surface area contributed by atoms with E-state index in [0.29, 0.717) is 26.1 Å². The first kappa shape index (κ1) is 26.6. The van der Waals surface area contributed by atoms with Crippen LogP contribution in [0.15, 0.2) is 48.5 Å². The maximum Gasteiger partial charge on any atom is 0.345 e. The fourth-order valence-corrected chi connectivity index (χ4v) is 4.82. The second-order valence-corrected chi connectivity index (χ2v) is 9.75. The molecule has 1 heterocycles. The molecule has 2 aromatic carbocycles. The van der Waals surface area contributed by atoms with Gasteiger partial charge in [0, 0.05) is 25.0 Å². The molecule has 0 amide bonds. The van der Waals surface area contributed by atoms with Gasteiger partial charge < -0.3 is 4.74 Å². The van der Waals surface area contributed by atoms with Gasteiger partial charge in [0.2, 0.25) is 10.0 Å². The second kappa shape index (κ2) is 11.5. The molecule has 0 bridgehead atoms. The van der Waals surface area contributed by atoms with Gasteiger partial charge in [-0.15, -0.1) is 12.4 Å². The number of nitrogens with one attached hydrogen (secondary N) is 1. The number of sulfonamides is 1. The third-order valence-electron chi connectivity index (χ3n) is 5.50. The molecule has 2 aromatic rings. The largest absolute Gasteiger partial charge is 0.345 e. The summed E-state index contributed by atoms with van der Waals surface area (Å²) in [7, 11) is -3.31. The number of alkyl halides is 2. The van der Waals surface area contributed by atoms with E-state index in [1.54, 1.807) is 19.1 Å². The van der Waals surface area contributed by atoms with Crippen LogP contribution >= 0.6 is 12.4 Å². The Hall–Kier alpha value is -1.65. The summed E-state index contributed by atoms with van der Waals surface area (Å²) in [6, 6.07) is 13.1. The predicted molar refractivity (Wildman–Crippen MR) is 120 cm³/mol. The number of likely N-dealkylation sites (tertiary alicyclic amines) is 1. The van der Waals surface area contributed by atoms with Crippen LogP contribution in [-0.4, -0.2) is 45.4 Å². The predicted octanol–water partition coefficient (Wildman–Crippen LogP) is 4.46. The molecule has 0 unspecified atom stereocenters. The molecule has 1 N–H and O–H groups in total. The van der Waals surface area contributed by atoms with Crippen molar-refractivity contribution in [3.05, 3.63) is 71.0 Å². The lowest BCUT2D eigenvalue weighted by atomic mass is 9.86. The van der Waals surface area contributed by atoms with Gasteiger partial charge in [0.1, 0.15) is 5.82 Å². The summed E-state index contributed by atoms with van der Waals surface area (Å²) in [5, 5.41) is 0. The molecule has 1 aliphatic rings. The quantitative estimate of drug-likeness (QED) is 0.591. The minimum absolute atomic E-state index is 0. The van der Waals surface area contributed by atoms with Gasteiger partial charge in [-0.3, -0.25) is 4.90 Å². The average Bonchev–Trinajstić information content (AvgIpc) is 2.68. The van der Waals surface area contributed by atoms with Crippen molar-refractivity contribution in [3.8, 4) is 0 Å². The van der Waals surface area contributed by atoms with E-state index in [1.807, 2.05) is 24.3 Å². The average molecular weight is 493 g/mol. The Morgan fingerprint density at radius 3 is 2.31 bits per heavy atom. The third kappa shape index (κ3) is 7.74. The van der Waals surface area contributed by atoms with E-state index in [0.717, 1.165) is 22.9 Å². The van der Waals surface area contributed by atoms with Crippen LogP contribution in [0, 0.1) is 5.82 Å². The van der Waals surface area contributed by atoms with Crippen molar-refractivity contribution in [1.82, 2.24) is 9.62 Å². The van der Waals surface area contributed by atoms with Crippen molar-refractivity contribution in [3.63, 3.8) is 0 Å². The van der Waals surface area contributed by atoms with Crippen LogP contribution in [0.2, 0.25) is 0 Å². The maximum absolute atomic E-state index is 13.2. The van der Waals surface area contributed by atoms with Gasteiger partial charge in [-0.2, -0.15) is 8.78 Å². The van der Waals surface area contributed by atoms with E-state index >= 15 is 0 Å². The third-order valence-corrected chi connectivity index (χ3v) is 6.28. The Morgan fingerprint density at radius 2 is 1.75 bits per heavy atom. The first-order valence-corrected chi connectivity index (χ1v) is 12.0. The Balaban J connectivity index is 0.00000363. The maximum atomic E-state index is 13.2. The van der Waals surface area contributed by atoms with E-state index in [9.17, 15) is 21.6 Å². The molecule has 32 heavy (non-hydrogen) atoms. The summed E-state index contributed by atoms with van der Waals surface area (Å²) in [6.07, 6.45) is 1.04. The zero-order valence-electron chi connectivity index (χ0n) is 17.9. The highest BCUT2D eigenvalue weighted by Gasteiger charge is 2.33. The van der Waals surface area contributed by atoms with E-state index in [-0.39, 0.29) is 30.2 Å². The molecule has 10 heteroatoms. The van der Waals surface area contributed by atoms with Gasteiger partial charge in [0.05, 0.1) is 12.4 Å². The first-order chi connectivity index (χ1) is 14.6. The highest BCUT2D eigenvalue weighted by molar-refractivity contribution is 7.88. The normalized spacial score (nSPS) is 20.7. The van der Waals surface area contributed by atoms with Gasteiger partial charge in [0.25, 0.3) is 0 Å². The van der Waals surface area contributed by atoms with Gasteiger partial charge in [-0.05, 0) is 48.7 Å². The number of nitrogens with zero attached hydrogens (tertiary/aromatic N) is 1. The molecule has 3 rings (SSSR count). The van der Waals surface area contributed by atoms with Gasteiger partial charge in [0.15, 0.2) is 0 Å². The molecular weight excluding hydrogens is 465 g/mol. The Kier molecular flexibility index (Phi) is 9.53. The molecule has 1 aliphatic heterocycles. The number of hydrogen-bond donors (Lipinski definition) is 1. The van der Waals surface area contributed by atoms with E-state index in [4.69, 9.17) is 4.74 Å². The zero-order chi connectivity index (χ0) is 22.6. The van der Waals surface area contributed by atoms with Crippen molar-refractivity contribution in [1.29, 1.82) is 0 Å². The van der Waals surface area contributed by atoms with E-state index in [1.165, 1.54) is 12.1 Å². The summed E-state index contributed by atoms with van der Waals surface area (Å²) in [6.45, 7) is 0.478. The molecule has 1 fully saturated rings. The Morgan fingerprint density at radius 1 is 1.12 bits per heavy atom. The number of hydrogen-bond acceptors (Lipinski definition) is 4. The number of rotatable bonds is 8. The molecule has 3 atom stereocenters. The van der Waals surface area contributed by atoms with E-state index in [2.05, 4.69) is 9.62 Å². The second-order valence-electron chi connectivity index (χ2n) is 7.97. The lowest BCUT2D eigenvalue weighted by molar-refractivity contribution is -0.180. The van der Waals surface area contributed by atoms with Gasteiger partial charge in [-0.1, -0.05) is 36.4 Å². The van der Waals surface area contributed by atoms with Gasteiger partial charge in [-0.25, -0.2) is 17.5 Å². The summed E-state index contributed by atoms with van der Waals surface area (Å²) >= 11 is 0. The summed E-state index contributed by atoms with van der Waals surface area (Å²) in [5.41, 5.74) is 2.62. The molecule has 0 radical (unpaired) electrons. The molecule has 0 aliphatic carbocycles. The van der Waals surface area contributed by atoms with Crippen LogP contribution in [0.25, 0.3) is 0 Å². The number of halogens is 4. The molecule has 0 spiro atoms. The van der Waals surface area contributed by atoms with Crippen LogP contribution in [0.1, 0.15) is 42.0 Å². The van der Waals surface area contributed by atoms with Crippen molar-refractivity contribution >= 4 is 22.4 Å². The lowest BCUT2D eigenvalue weighted by Gasteiger charge is -2.38.